The van der Waals surface area contributed by atoms with Gasteiger partial charge in [0.2, 0.25) is 40.2 Å². The van der Waals surface area contributed by atoms with Crippen molar-refractivity contribution in [1.29, 1.82) is 0 Å². The molecule has 0 saturated heterocycles. The third-order valence-electron chi connectivity index (χ3n) is 6.45. The first kappa shape index (κ1) is 32.7. The van der Waals surface area contributed by atoms with Crippen LogP contribution in [-0.4, -0.2) is 22.6 Å². The average Bonchev–Trinajstić information content (AvgIpc) is 2.97. The zero-order valence-corrected chi connectivity index (χ0v) is 21.5. The molecule has 0 saturated carbocycles. The van der Waals surface area contributed by atoms with Crippen molar-refractivity contribution in [3.8, 4) is 34.5 Å². The van der Waals surface area contributed by atoms with Gasteiger partial charge in [0.1, 0.15) is 22.9 Å². The zero-order chi connectivity index (χ0) is 33.8. The Balaban J connectivity index is 1.78. The number of nitrogens with two attached hydrogens (primary N) is 2. The third-order valence-corrected chi connectivity index (χ3v) is 6.45. The third kappa shape index (κ3) is 5.18. The van der Waals surface area contributed by atoms with Crippen LogP contribution >= 0.6 is 0 Å². The molecule has 0 aliphatic heterocycles. The highest BCUT2D eigenvalue weighted by Crippen LogP contribution is 2.56. The number of ether oxygens (including phenoxy) is 2. The van der Waals surface area contributed by atoms with Gasteiger partial charge in [-0.2, -0.15) is 43.9 Å². The number of rotatable bonds is 6. The number of aromatic hydroxyl groups is 2. The quantitative estimate of drug-likeness (QED) is 0.0722. The lowest BCUT2D eigenvalue weighted by Crippen LogP contribution is -2.54. The maximum Gasteiger partial charge on any atom is 0.411 e. The first-order valence-corrected chi connectivity index (χ1v) is 11.8. The lowest BCUT2D eigenvalue weighted by molar-refractivity contribution is -0.288. The maximum atomic E-state index is 14.5. The summed E-state index contributed by atoms with van der Waals surface area (Å²) in [6.07, 6.45) is -12.3. The molecule has 0 heterocycles. The fourth-order valence-electron chi connectivity index (χ4n) is 4.23. The summed E-state index contributed by atoms with van der Waals surface area (Å²) in [6, 6.07) is 2.63. The zero-order valence-electron chi connectivity index (χ0n) is 21.5. The van der Waals surface area contributed by atoms with Crippen molar-refractivity contribution in [2.24, 2.45) is 0 Å². The summed E-state index contributed by atoms with van der Waals surface area (Å²) >= 11 is 0. The monoisotopic (exact) mass is 658 g/mol. The molecule has 4 rings (SSSR count). The van der Waals surface area contributed by atoms with E-state index in [2.05, 4.69) is 0 Å². The van der Waals surface area contributed by atoms with Crippen molar-refractivity contribution in [2.45, 2.75) is 17.8 Å². The van der Waals surface area contributed by atoms with Crippen LogP contribution in [0.4, 0.5) is 64.1 Å². The fourth-order valence-corrected chi connectivity index (χ4v) is 4.23. The van der Waals surface area contributed by atoms with Gasteiger partial charge in [0.25, 0.3) is 0 Å². The molecule has 4 aromatic rings. The Kier molecular flexibility index (Phi) is 8.06. The van der Waals surface area contributed by atoms with Gasteiger partial charge in [-0.1, -0.05) is 24.3 Å². The molecule has 240 valence electrons. The van der Waals surface area contributed by atoms with E-state index in [0.29, 0.717) is 24.3 Å². The fraction of sp³-hybridized carbons (Fsp3) is 0.111. The van der Waals surface area contributed by atoms with Crippen molar-refractivity contribution in [1.82, 2.24) is 0 Å². The van der Waals surface area contributed by atoms with E-state index >= 15 is 0 Å². The molecular weight excluding hydrogens is 644 g/mol. The molecule has 0 aromatic heterocycles. The highest BCUT2D eigenvalue weighted by atomic mass is 19.4. The van der Waals surface area contributed by atoms with E-state index in [-0.39, 0.29) is 24.3 Å². The van der Waals surface area contributed by atoms with E-state index in [9.17, 15) is 62.9 Å². The number of phenolic OH excluding ortho intramolecular Hbond substituents is 2. The average molecular weight is 658 g/mol. The van der Waals surface area contributed by atoms with E-state index in [0.717, 1.165) is 0 Å². The number of phenols is 2. The van der Waals surface area contributed by atoms with Gasteiger partial charge in [0.05, 0.1) is 0 Å². The molecule has 6 nitrogen and oxygen atoms in total. The van der Waals surface area contributed by atoms with Gasteiger partial charge in [-0.3, -0.25) is 0 Å². The minimum Gasteiger partial charge on any atom is -0.503 e. The predicted molar refractivity (Wildman–Crippen MR) is 131 cm³/mol. The number of hydrogen-bond acceptors (Lipinski definition) is 6. The Hall–Kier alpha value is -5.16. The Morgan fingerprint density at radius 3 is 1.02 bits per heavy atom. The molecule has 18 heteroatoms. The van der Waals surface area contributed by atoms with Gasteiger partial charge in [0.15, 0.2) is 23.1 Å². The van der Waals surface area contributed by atoms with Gasteiger partial charge >= 0.3 is 12.4 Å². The lowest BCUT2D eigenvalue weighted by Gasteiger charge is -2.38. The predicted octanol–water partition coefficient (Wildman–Crippen LogP) is 8.09. The van der Waals surface area contributed by atoms with E-state index in [1.807, 2.05) is 0 Å². The molecule has 0 amide bonds. The van der Waals surface area contributed by atoms with E-state index in [4.69, 9.17) is 20.9 Å². The smallest absolute Gasteiger partial charge is 0.411 e. The Morgan fingerprint density at radius 2 is 0.756 bits per heavy atom. The summed E-state index contributed by atoms with van der Waals surface area (Å²) in [5.74, 6) is -19.9. The second-order valence-electron chi connectivity index (χ2n) is 9.07. The SMILES string of the molecule is Nc1c(O)c(F)c(Oc2ccc(C(c3ccc(Oc4c(F)c(O)c(N)c(F)c4F)cc3)(C(F)(F)F)C(F)(F)F)cc2)c(F)c1F. The van der Waals surface area contributed by atoms with Crippen molar-refractivity contribution in [3.63, 3.8) is 0 Å². The molecule has 6 N–H and O–H groups in total. The van der Waals surface area contributed by atoms with Crippen LogP contribution in [0.15, 0.2) is 48.5 Å². The molecule has 0 bridgehead atoms. The number of anilines is 2. The summed E-state index contributed by atoms with van der Waals surface area (Å²) in [5.41, 5.74) is -0.550. The minimum absolute atomic E-state index is 0.231. The Labute approximate surface area is 242 Å². The van der Waals surface area contributed by atoms with Gasteiger partial charge in [-0.25, -0.2) is 8.78 Å². The summed E-state index contributed by atoms with van der Waals surface area (Å²) in [7, 11) is 0. The van der Waals surface area contributed by atoms with Gasteiger partial charge in [-0.05, 0) is 35.4 Å². The van der Waals surface area contributed by atoms with Gasteiger partial charge in [0, 0.05) is 0 Å². The van der Waals surface area contributed by atoms with Crippen LogP contribution in [-0.2, 0) is 5.41 Å². The van der Waals surface area contributed by atoms with Crippen LogP contribution in [0.2, 0.25) is 0 Å². The van der Waals surface area contributed by atoms with Crippen LogP contribution in [0.5, 0.6) is 34.5 Å². The molecule has 45 heavy (non-hydrogen) atoms. The number of nitrogen functional groups attached to an aromatic ring is 2. The van der Waals surface area contributed by atoms with Crippen LogP contribution in [0.3, 0.4) is 0 Å². The maximum absolute atomic E-state index is 14.5. The topological polar surface area (TPSA) is 111 Å². The largest absolute Gasteiger partial charge is 0.503 e. The first-order valence-electron chi connectivity index (χ1n) is 11.8. The van der Waals surface area contributed by atoms with E-state index in [1.165, 1.54) is 0 Å². The Bertz CT molecular complexity index is 1580. The molecule has 0 fully saturated rings. The summed E-state index contributed by atoms with van der Waals surface area (Å²) in [6.45, 7) is 0. The molecule has 0 unspecified atom stereocenters. The molecule has 0 aliphatic carbocycles. The number of alkyl halides is 6. The standard InChI is InChI=1S/C27H14F12N2O4/c28-13-15(30)23(17(32)21(42)19(13)40)44-11-5-1-9(2-6-11)25(26(34,35)36,27(37,38)39)10-3-7-12(8-4-10)45-24-16(31)14(29)20(41)22(43)18(24)33/h1-8,42-43H,40-41H2. The number of hydrogen-bond donors (Lipinski definition) is 4. The summed E-state index contributed by atoms with van der Waals surface area (Å²) in [5, 5.41) is 19.0. The molecule has 0 radical (unpaired) electrons. The lowest BCUT2D eigenvalue weighted by atomic mass is 9.73. The molecule has 4 aromatic carbocycles. The van der Waals surface area contributed by atoms with Crippen molar-refractivity contribution >= 4 is 11.4 Å². The number of benzene rings is 4. The molecule has 0 aliphatic rings. The van der Waals surface area contributed by atoms with E-state index < -0.39 is 110 Å². The van der Waals surface area contributed by atoms with Gasteiger partial charge < -0.3 is 31.2 Å². The van der Waals surface area contributed by atoms with Crippen LogP contribution < -0.4 is 20.9 Å². The molecule has 0 spiro atoms. The van der Waals surface area contributed by atoms with E-state index in [1.54, 1.807) is 0 Å². The number of halogens is 12. The normalized spacial score (nSPS) is 12.4. The van der Waals surface area contributed by atoms with Crippen molar-refractivity contribution in [2.75, 3.05) is 11.5 Å². The highest BCUT2D eigenvalue weighted by molar-refractivity contribution is 5.60. The Morgan fingerprint density at radius 1 is 0.467 bits per heavy atom. The highest BCUT2D eigenvalue weighted by Gasteiger charge is 2.72. The van der Waals surface area contributed by atoms with Crippen LogP contribution in [0, 0.1) is 34.9 Å². The molecular formula is C27H14F12N2O4. The van der Waals surface area contributed by atoms with Gasteiger partial charge in [-0.15, -0.1) is 0 Å². The second kappa shape index (κ2) is 11.1. The summed E-state index contributed by atoms with van der Waals surface area (Å²) < 4.78 is 181. The first-order chi connectivity index (χ1) is 20.7. The van der Waals surface area contributed by atoms with Crippen LogP contribution in [0.1, 0.15) is 11.1 Å². The second-order valence-corrected chi connectivity index (χ2v) is 9.07. The van der Waals surface area contributed by atoms with Crippen molar-refractivity contribution in [3.05, 3.63) is 94.6 Å². The minimum atomic E-state index is -6.15. The van der Waals surface area contributed by atoms with Crippen LogP contribution in [0.25, 0.3) is 0 Å². The van der Waals surface area contributed by atoms with Crippen molar-refractivity contribution < 1.29 is 72.4 Å². The molecule has 0 atom stereocenters. The summed E-state index contributed by atoms with van der Waals surface area (Å²) in [4.78, 5) is 0.